The second-order valence-corrected chi connectivity index (χ2v) is 6.99. The van der Waals surface area contributed by atoms with Crippen molar-refractivity contribution in [1.82, 2.24) is 39.8 Å². The van der Waals surface area contributed by atoms with Gasteiger partial charge in [0.25, 0.3) is 5.91 Å². The molecule has 0 atom stereocenters. The molecule has 164 valence electrons. The first-order chi connectivity index (χ1) is 15.6. The Bertz CT molecular complexity index is 1220. The van der Waals surface area contributed by atoms with Gasteiger partial charge in [-0.3, -0.25) is 4.79 Å². The van der Waals surface area contributed by atoms with Gasteiger partial charge in [0.1, 0.15) is 12.0 Å². The molecule has 32 heavy (non-hydrogen) atoms. The fourth-order valence-corrected chi connectivity index (χ4v) is 3.14. The Morgan fingerprint density at radius 3 is 2.81 bits per heavy atom. The number of nitrogens with zero attached hydrogens (tertiary/aromatic N) is 7. The molecule has 0 fully saturated rings. The van der Waals surface area contributed by atoms with E-state index in [1.807, 2.05) is 17.7 Å². The maximum Gasteiger partial charge on any atom is 0.251 e. The van der Waals surface area contributed by atoms with Gasteiger partial charge in [-0.15, -0.1) is 10.2 Å². The number of carbonyl (C=O) groups is 1. The summed E-state index contributed by atoms with van der Waals surface area (Å²) in [5.41, 5.74) is 2.23. The van der Waals surface area contributed by atoms with Crippen molar-refractivity contribution >= 4 is 11.6 Å². The molecular formula is C21H22FN9O. The third-order valence-corrected chi connectivity index (χ3v) is 4.93. The molecule has 0 aliphatic heterocycles. The standard InChI is InChI=1S/C21H22FN9O/c1-3-31-19(22)15(11-27-31)10-25-21(32)14-5-4-6-16(9-14)24-12-18-28-29-20(30(18)2)17-7-8-23-13-26-17/h4-9,11,13,24H,3,10,12H2,1-2H3,(H,25,32). The van der Waals surface area contributed by atoms with Gasteiger partial charge in [0, 0.05) is 43.1 Å². The third-order valence-electron chi connectivity index (χ3n) is 4.93. The van der Waals surface area contributed by atoms with Crippen molar-refractivity contribution in [1.29, 1.82) is 0 Å². The van der Waals surface area contributed by atoms with Crippen LogP contribution in [0.15, 0.2) is 49.1 Å². The van der Waals surface area contributed by atoms with E-state index in [1.54, 1.807) is 37.4 Å². The number of halogens is 1. The minimum atomic E-state index is -0.437. The van der Waals surface area contributed by atoms with Crippen molar-refractivity contribution in [2.75, 3.05) is 5.32 Å². The van der Waals surface area contributed by atoms with Crippen LogP contribution in [0.1, 0.15) is 28.7 Å². The number of hydrogen-bond acceptors (Lipinski definition) is 7. The summed E-state index contributed by atoms with van der Waals surface area (Å²) in [6.45, 7) is 2.70. The van der Waals surface area contributed by atoms with Crippen LogP contribution in [-0.2, 0) is 26.7 Å². The summed E-state index contributed by atoms with van der Waals surface area (Å²) in [5.74, 6) is 0.600. The van der Waals surface area contributed by atoms with Crippen LogP contribution in [0, 0.1) is 5.95 Å². The Morgan fingerprint density at radius 2 is 2.06 bits per heavy atom. The van der Waals surface area contributed by atoms with E-state index < -0.39 is 5.95 Å². The van der Waals surface area contributed by atoms with Crippen LogP contribution in [0.5, 0.6) is 0 Å². The van der Waals surface area contributed by atoms with Crippen molar-refractivity contribution in [3.63, 3.8) is 0 Å². The molecule has 0 saturated heterocycles. The van der Waals surface area contributed by atoms with Gasteiger partial charge in [0.2, 0.25) is 5.95 Å². The van der Waals surface area contributed by atoms with Gasteiger partial charge in [0.05, 0.1) is 12.7 Å². The molecule has 3 heterocycles. The van der Waals surface area contributed by atoms with Gasteiger partial charge in [-0.1, -0.05) is 6.07 Å². The lowest BCUT2D eigenvalue weighted by Crippen LogP contribution is -2.23. The van der Waals surface area contributed by atoms with Gasteiger partial charge >= 0.3 is 0 Å². The molecule has 0 aliphatic carbocycles. The summed E-state index contributed by atoms with van der Waals surface area (Å²) in [7, 11) is 1.86. The topological polar surface area (TPSA) is 115 Å². The second-order valence-electron chi connectivity index (χ2n) is 6.99. The van der Waals surface area contributed by atoms with Gasteiger partial charge in [0.15, 0.2) is 11.6 Å². The van der Waals surface area contributed by atoms with Crippen molar-refractivity contribution < 1.29 is 9.18 Å². The first-order valence-corrected chi connectivity index (χ1v) is 10.0. The number of aromatic nitrogens is 7. The Kier molecular flexibility index (Phi) is 6.15. The average molecular weight is 435 g/mol. The van der Waals surface area contributed by atoms with E-state index in [0.29, 0.717) is 41.6 Å². The molecule has 10 nitrogen and oxygen atoms in total. The molecule has 0 radical (unpaired) electrons. The van der Waals surface area contributed by atoms with Gasteiger partial charge < -0.3 is 15.2 Å². The lowest BCUT2D eigenvalue weighted by Gasteiger charge is -2.09. The predicted molar refractivity (Wildman–Crippen MR) is 115 cm³/mol. The second kappa shape index (κ2) is 9.33. The molecule has 4 rings (SSSR count). The first kappa shape index (κ1) is 21.1. The maximum atomic E-state index is 14.1. The monoisotopic (exact) mass is 435 g/mol. The average Bonchev–Trinajstić information content (AvgIpc) is 3.38. The quantitative estimate of drug-likeness (QED) is 0.436. The van der Waals surface area contributed by atoms with Gasteiger partial charge in [-0.05, 0) is 31.2 Å². The number of carbonyl (C=O) groups excluding carboxylic acids is 1. The smallest absolute Gasteiger partial charge is 0.251 e. The number of nitrogens with one attached hydrogen (secondary N) is 2. The molecule has 2 N–H and O–H groups in total. The molecule has 11 heteroatoms. The summed E-state index contributed by atoms with van der Waals surface area (Å²) in [6.07, 6.45) is 4.53. The van der Waals surface area contributed by atoms with E-state index >= 15 is 0 Å². The fraction of sp³-hybridized carbons (Fsp3) is 0.238. The van der Waals surface area contributed by atoms with E-state index in [0.717, 1.165) is 5.69 Å². The van der Waals surface area contributed by atoms with Crippen LogP contribution < -0.4 is 10.6 Å². The molecule has 1 amide bonds. The van der Waals surface area contributed by atoms with Crippen LogP contribution >= 0.6 is 0 Å². The Morgan fingerprint density at radius 1 is 1.19 bits per heavy atom. The van der Waals surface area contributed by atoms with Gasteiger partial charge in [-0.2, -0.15) is 9.49 Å². The number of anilines is 1. The normalized spacial score (nSPS) is 10.8. The summed E-state index contributed by atoms with van der Waals surface area (Å²) in [6, 6.07) is 8.81. The van der Waals surface area contributed by atoms with Crippen LogP contribution in [0.2, 0.25) is 0 Å². The highest BCUT2D eigenvalue weighted by molar-refractivity contribution is 5.95. The van der Waals surface area contributed by atoms with Crippen molar-refractivity contribution in [2.24, 2.45) is 7.05 Å². The summed E-state index contributed by atoms with van der Waals surface area (Å²) < 4.78 is 17.2. The number of rotatable bonds is 8. The van der Waals surface area contributed by atoms with Crippen molar-refractivity contribution in [3.05, 3.63) is 72.0 Å². The Labute approximate surface area is 183 Å². The molecular weight excluding hydrogens is 413 g/mol. The van der Waals surface area contributed by atoms with E-state index in [-0.39, 0.29) is 12.5 Å². The molecule has 0 bridgehead atoms. The van der Waals surface area contributed by atoms with E-state index in [1.165, 1.54) is 17.2 Å². The molecule has 0 saturated carbocycles. The minimum Gasteiger partial charge on any atom is -0.378 e. The molecule has 1 aromatic carbocycles. The highest BCUT2D eigenvalue weighted by atomic mass is 19.1. The number of hydrogen-bond donors (Lipinski definition) is 2. The SMILES string of the molecule is CCn1ncc(CNC(=O)c2cccc(NCc3nnc(-c4ccncn4)n3C)c2)c1F. The zero-order valence-electron chi connectivity index (χ0n) is 17.7. The predicted octanol–water partition coefficient (Wildman–Crippen LogP) is 2.17. The zero-order valence-corrected chi connectivity index (χ0v) is 17.7. The van der Waals surface area contributed by atoms with Crippen LogP contribution in [0.25, 0.3) is 11.5 Å². The molecule has 0 unspecified atom stereocenters. The van der Waals surface area contributed by atoms with Crippen LogP contribution in [-0.4, -0.2) is 40.4 Å². The summed E-state index contributed by atoms with van der Waals surface area (Å²) in [4.78, 5) is 20.6. The van der Waals surface area contributed by atoms with Gasteiger partial charge in [-0.25, -0.2) is 14.6 Å². The van der Waals surface area contributed by atoms with E-state index in [4.69, 9.17) is 0 Å². The number of amides is 1. The highest BCUT2D eigenvalue weighted by Gasteiger charge is 2.13. The molecule has 3 aromatic heterocycles. The van der Waals surface area contributed by atoms with Crippen molar-refractivity contribution in [2.45, 2.75) is 26.6 Å². The molecule has 4 aromatic rings. The molecule has 0 aliphatic rings. The number of aryl methyl sites for hydroxylation is 1. The number of benzene rings is 1. The third kappa shape index (κ3) is 4.46. The van der Waals surface area contributed by atoms with Crippen LogP contribution in [0.4, 0.5) is 10.1 Å². The van der Waals surface area contributed by atoms with Crippen molar-refractivity contribution in [3.8, 4) is 11.5 Å². The first-order valence-electron chi connectivity index (χ1n) is 10.0. The Hall–Kier alpha value is -4.15. The van der Waals surface area contributed by atoms with Crippen LogP contribution in [0.3, 0.4) is 0 Å². The largest absolute Gasteiger partial charge is 0.378 e. The van der Waals surface area contributed by atoms with E-state index in [9.17, 15) is 9.18 Å². The maximum absolute atomic E-state index is 14.1. The molecule has 0 spiro atoms. The summed E-state index contributed by atoms with van der Waals surface area (Å²) in [5, 5.41) is 18.3. The lowest BCUT2D eigenvalue weighted by atomic mass is 10.2. The highest BCUT2D eigenvalue weighted by Crippen LogP contribution is 2.16. The Balaban J connectivity index is 1.38. The fourth-order valence-electron chi connectivity index (χ4n) is 3.14. The minimum absolute atomic E-state index is 0.0626. The lowest BCUT2D eigenvalue weighted by molar-refractivity contribution is 0.0950. The van der Waals surface area contributed by atoms with E-state index in [2.05, 4.69) is 35.9 Å². The zero-order chi connectivity index (χ0) is 22.5. The summed E-state index contributed by atoms with van der Waals surface area (Å²) >= 11 is 0.